The fourth-order valence-corrected chi connectivity index (χ4v) is 4.18. The molecule has 174 valence electrons. The number of rotatable bonds is 5. The lowest BCUT2D eigenvalue weighted by Gasteiger charge is -2.37. The van der Waals surface area contributed by atoms with Crippen molar-refractivity contribution in [2.45, 2.75) is 25.4 Å². The molecule has 1 saturated heterocycles. The van der Waals surface area contributed by atoms with Gasteiger partial charge in [-0.2, -0.15) is 5.10 Å². The Kier molecular flexibility index (Phi) is 5.67. The van der Waals surface area contributed by atoms with Crippen LogP contribution in [0, 0.1) is 0 Å². The van der Waals surface area contributed by atoms with Crippen LogP contribution >= 0.6 is 0 Å². The second-order valence-corrected chi connectivity index (χ2v) is 9.10. The number of anilines is 2. The molecule has 0 bridgehead atoms. The van der Waals surface area contributed by atoms with Gasteiger partial charge >= 0.3 is 0 Å². The van der Waals surface area contributed by atoms with Crippen LogP contribution in [-0.4, -0.2) is 49.4 Å². The molecule has 0 unspecified atom stereocenters. The van der Waals surface area contributed by atoms with Gasteiger partial charge in [0.2, 0.25) is 0 Å². The van der Waals surface area contributed by atoms with Crippen LogP contribution in [0.1, 0.15) is 31.2 Å². The van der Waals surface area contributed by atoms with Crippen molar-refractivity contribution in [3.63, 3.8) is 0 Å². The molecule has 8 heteroatoms. The number of aromatic amines is 1. The molecule has 0 aliphatic carbocycles. The number of nitrogens with zero attached hydrogens (tertiary/aromatic N) is 5. The molecular formula is C26H29N7O. The summed E-state index contributed by atoms with van der Waals surface area (Å²) in [5, 5.41) is 21.8. The molecule has 34 heavy (non-hydrogen) atoms. The predicted octanol–water partition coefficient (Wildman–Crippen LogP) is 4.18. The zero-order valence-electron chi connectivity index (χ0n) is 19.5. The second-order valence-electron chi connectivity index (χ2n) is 9.10. The molecule has 0 radical (unpaired) electrons. The summed E-state index contributed by atoms with van der Waals surface area (Å²) in [6, 6.07) is 14.3. The fraction of sp³-hybridized carbons (Fsp3) is 0.269. The Labute approximate surface area is 198 Å². The minimum Gasteiger partial charge on any atom is -0.390 e. The maximum atomic E-state index is 10.2. The third kappa shape index (κ3) is 4.58. The number of piperidine rings is 1. The highest BCUT2D eigenvalue weighted by Crippen LogP contribution is 2.27. The molecule has 4 aromatic rings. The zero-order chi connectivity index (χ0) is 23.7. The van der Waals surface area contributed by atoms with Crippen molar-refractivity contribution in [1.82, 2.24) is 19.7 Å². The van der Waals surface area contributed by atoms with Crippen molar-refractivity contribution in [3.8, 4) is 0 Å². The van der Waals surface area contributed by atoms with E-state index < -0.39 is 5.60 Å². The van der Waals surface area contributed by atoms with Gasteiger partial charge in [-0.3, -0.25) is 5.10 Å². The van der Waals surface area contributed by atoms with E-state index >= 15 is 0 Å². The monoisotopic (exact) mass is 455 g/mol. The van der Waals surface area contributed by atoms with E-state index in [0.717, 1.165) is 53.8 Å². The fourth-order valence-electron chi connectivity index (χ4n) is 4.18. The Hall–Kier alpha value is -3.91. The molecule has 2 aromatic heterocycles. The molecule has 1 aliphatic rings. The summed E-state index contributed by atoms with van der Waals surface area (Å²) in [6.07, 6.45) is 6.98. The van der Waals surface area contributed by atoms with Crippen LogP contribution in [0.25, 0.3) is 16.6 Å². The average molecular weight is 456 g/mol. The summed E-state index contributed by atoms with van der Waals surface area (Å²) in [5.41, 5.74) is 3.96. The lowest BCUT2D eigenvalue weighted by Crippen LogP contribution is -2.42. The van der Waals surface area contributed by atoms with E-state index in [9.17, 15) is 5.11 Å². The molecule has 3 heterocycles. The van der Waals surface area contributed by atoms with Gasteiger partial charge in [-0.25, -0.2) is 9.98 Å². The quantitative estimate of drug-likeness (QED) is 0.310. The van der Waals surface area contributed by atoms with E-state index in [-0.39, 0.29) is 0 Å². The Morgan fingerprint density at radius 1 is 1.18 bits per heavy atom. The first-order chi connectivity index (χ1) is 16.4. The summed E-state index contributed by atoms with van der Waals surface area (Å²) in [6.45, 7) is 7.81. The van der Waals surface area contributed by atoms with Gasteiger partial charge in [-0.15, -0.1) is 0 Å². The Balaban J connectivity index is 1.38. The minimum atomic E-state index is -0.560. The van der Waals surface area contributed by atoms with E-state index in [4.69, 9.17) is 4.99 Å². The summed E-state index contributed by atoms with van der Waals surface area (Å²) < 4.78 is 1.92. The van der Waals surface area contributed by atoms with E-state index in [1.165, 1.54) is 0 Å². The van der Waals surface area contributed by atoms with Gasteiger partial charge in [0.05, 0.1) is 23.0 Å². The van der Waals surface area contributed by atoms with Gasteiger partial charge in [0, 0.05) is 54.9 Å². The number of imidazole rings is 1. The van der Waals surface area contributed by atoms with Gasteiger partial charge in [0.15, 0.2) is 11.7 Å². The molecule has 0 spiro atoms. The smallest absolute Gasteiger partial charge is 0.175 e. The molecule has 2 aromatic carbocycles. The van der Waals surface area contributed by atoms with Crippen LogP contribution < -0.4 is 10.2 Å². The molecule has 1 fully saturated rings. The molecular weight excluding hydrogens is 426 g/mol. The summed E-state index contributed by atoms with van der Waals surface area (Å²) in [7, 11) is 1.94. The number of H-pyrrole nitrogens is 1. The standard InChI is InChI=1S/C26H29N7O/c1-18(19-4-5-20-17-28-31-23(20)16-19)29-24(25-27-12-15-32(25)3)30-21-6-8-22(9-7-21)33-13-10-26(2,34)11-14-33/h4-9,12,15-17,34H,1,10-11,13-14H2,2-3H3,(H,28,31)(H,29,30). The van der Waals surface area contributed by atoms with E-state index in [1.54, 1.807) is 12.4 Å². The minimum absolute atomic E-state index is 0.560. The van der Waals surface area contributed by atoms with Crippen molar-refractivity contribution >= 4 is 33.8 Å². The van der Waals surface area contributed by atoms with Crippen LogP contribution in [0.3, 0.4) is 0 Å². The van der Waals surface area contributed by atoms with Crippen molar-refractivity contribution in [2.75, 3.05) is 23.3 Å². The number of benzene rings is 2. The van der Waals surface area contributed by atoms with Gasteiger partial charge in [-0.1, -0.05) is 18.7 Å². The lowest BCUT2D eigenvalue weighted by molar-refractivity contribution is 0.0351. The SMILES string of the molecule is C=C(N=C(Nc1ccc(N2CCC(C)(O)CC2)cc1)c1nccn1C)c1ccc2cn[nH]c2c1. The van der Waals surface area contributed by atoms with Crippen LogP contribution in [0.15, 0.2) is 72.6 Å². The number of fused-ring (bicyclic) bond motifs is 1. The normalized spacial score (nSPS) is 16.1. The third-order valence-corrected chi connectivity index (χ3v) is 6.39. The number of aromatic nitrogens is 4. The first-order valence-electron chi connectivity index (χ1n) is 11.4. The van der Waals surface area contributed by atoms with E-state index in [2.05, 4.69) is 44.1 Å². The highest BCUT2D eigenvalue weighted by Gasteiger charge is 2.27. The molecule has 1 aliphatic heterocycles. The number of aryl methyl sites for hydroxylation is 1. The van der Waals surface area contributed by atoms with Gasteiger partial charge in [0.25, 0.3) is 0 Å². The number of hydrogen-bond donors (Lipinski definition) is 3. The maximum absolute atomic E-state index is 10.2. The first-order valence-corrected chi connectivity index (χ1v) is 11.4. The molecule has 3 N–H and O–H groups in total. The maximum Gasteiger partial charge on any atom is 0.175 e. The molecule has 8 nitrogen and oxygen atoms in total. The van der Waals surface area contributed by atoms with Crippen molar-refractivity contribution in [2.24, 2.45) is 12.0 Å². The van der Waals surface area contributed by atoms with Crippen molar-refractivity contribution in [1.29, 1.82) is 0 Å². The number of hydrogen-bond acceptors (Lipinski definition) is 5. The number of aliphatic imine (C=N–C) groups is 1. The highest BCUT2D eigenvalue weighted by atomic mass is 16.3. The van der Waals surface area contributed by atoms with E-state index in [0.29, 0.717) is 17.4 Å². The second kappa shape index (κ2) is 8.79. The number of amidine groups is 1. The topological polar surface area (TPSA) is 94.4 Å². The predicted molar refractivity (Wildman–Crippen MR) is 137 cm³/mol. The molecule has 0 atom stereocenters. The summed E-state index contributed by atoms with van der Waals surface area (Å²) in [5.74, 6) is 1.33. The first kappa shape index (κ1) is 21.9. The number of aliphatic hydroxyl groups is 1. The van der Waals surface area contributed by atoms with E-state index in [1.807, 2.05) is 55.1 Å². The van der Waals surface area contributed by atoms with Gasteiger partial charge in [-0.05, 0) is 50.1 Å². The Morgan fingerprint density at radius 2 is 1.94 bits per heavy atom. The number of nitrogens with one attached hydrogen (secondary N) is 2. The summed E-state index contributed by atoms with van der Waals surface area (Å²) >= 11 is 0. The summed E-state index contributed by atoms with van der Waals surface area (Å²) in [4.78, 5) is 11.6. The molecule has 0 amide bonds. The van der Waals surface area contributed by atoms with Crippen LogP contribution in [0.2, 0.25) is 0 Å². The van der Waals surface area contributed by atoms with Crippen molar-refractivity contribution < 1.29 is 5.11 Å². The average Bonchev–Trinajstić information content (AvgIpc) is 3.47. The molecule has 0 saturated carbocycles. The largest absolute Gasteiger partial charge is 0.390 e. The van der Waals surface area contributed by atoms with Crippen molar-refractivity contribution in [3.05, 3.63) is 79.0 Å². The van der Waals surface area contributed by atoms with Gasteiger partial charge in [0.1, 0.15) is 0 Å². The Bertz CT molecular complexity index is 1340. The van der Waals surface area contributed by atoms with Crippen LogP contribution in [0.5, 0.6) is 0 Å². The Morgan fingerprint density at radius 3 is 2.65 bits per heavy atom. The lowest BCUT2D eigenvalue weighted by atomic mass is 9.93. The van der Waals surface area contributed by atoms with Crippen LogP contribution in [0.4, 0.5) is 11.4 Å². The highest BCUT2D eigenvalue weighted by molar-refractivity contribution is 6.08. The molecule has 5 rings (SSSR count). The third-order valence-electron chi connectivity index (χ3n) is 6.39. The van der Waals surface area contributed by atoms with Crippen LogP contribution in [-0.2, 0) is 7.05 Å². The van der Waals surface area contributed by atoms with Gasteiger partial charge < -0.3 is 19.9 Å². The zero-order valence-corrected chi connectivity index (χ0v) is 19.5.